The van der Waals surface area contributed by atoms with E-state index in [0.29, 0.717) is 11.8 Å². The summed E-state index contributed by atoms with van der Waals surface area (Å²) in [5.41, 5.74) is 6.52. The van der Waals surface area contributed by atoms with Crippen molar-refractivity contribution in [3.05, 3.63) is 36.2 Å². The maximum Gasteiger partial charge on any atom is 0.247 e. The first-order valence-electron chi connectivity index (χ1n) is 4.42. The van der Waals surface area contributed by atoms with E-state index in [1.807, 2.05) is 37.3 Å². The Bertz CT molecular complexity index is 408. The van der Waals surface area contributed by atoms with Crippen LogP contribution >= 0.6 is 0 Å². The summed E-state index contributed by atoms with van der Waals surface area (Å²) in [7, 11) is 0. The van der Waals surface area contributed by atoms with E-state index < -0.39 is 0 Å². The molecule has 0 amide bonds. The van der Waals surface area contributed by atoms with Gasteiger partial charge in [-0.3, -0.25) is 0 Å². The van der Waals surface area contributed by atoms with Crippen molar-refractivity contribution in [1.29, 1.82) is 0 Å². The third kappa shape index (κ3) is 1.65. The lowest BCUT2D eigenvalue weighted by atomic mass is 10.2. The van der Waals surface area contributed by atoms with Crippen molar-refractivity contribution in [2.45, 2.75) is 13.0 Å². The highest BCUT2D eigenvalue weighted by molar-refractivity contribution is 5.51. The Labute approximate surface area is 81.8 Å². The third-order valence-electron chi connectivity index (χ3n) is 1.85. The monoisotopic (exact) mass is 189 g/mol. The summed E-state index contributed by atoms with van der Waals surface area (Å²) in [5.74, 6) is 0.974. The van der Waals surface area contributed by atoms with Crippen molar-refractivity contribution >= 4 is 0 Å². The normalized spacial score (nSPS) is 12.7. The highest BCUT2D eigenvalue weighted by Crippen LogP contribution is 2.18. The van der Waals surface area contributed by atoms with E-state index in [4.69, 9.17) is 10.2 Å². The fourth-order valence-corrected chi connectivity index (χ4v) is 1.12. The molecular weight excluding hydrogens is 178 g/mol. The van der Waals surface area contributed by atoms with Gasteiger partial charge in [0.15, 0.2) is 0 Å². The maximum absolute atomic E-state index is 5.61. The van der Waals surface area contributed by atoms with E-state index in [1.54, 1.807) is 0 Å². The molecule has 0 unspecified atom stereocenters. The number of rotatable bonds is 2. The number of hydrogen-bond donors (Lipinski definition) is 1. The van der Waals surface area contributed by atoms with E-state index in [9.17, 15) is 0 Å². The molecule has 1 heterocycles. The molecule has 14 heavy (non-hydrogen) atoms. The summed E-state index contributed by atoms with van der Waals surface area (Å²) >= 11 is 0. The van der Waals surface area contributed by atoms with Gasteiger partial charge >= 0.3 is 0 Å². The van der Waals surface area contributed by atoms with Crippen molar-refractivity contribution in [3.8, 4) is 11.5 Å². The van der Waals surface area contributed by atoms with Crippen molar-refractivity contribution in [2.75, 3.05) is 0 Å². The SMILES string of the molecule is C[C@@H](N)c1nnc(-c2ccccc2)o1. The average molecular weight is 189 g/mol. The number of benzene rings is 1. The first-order chi connectivity index (χ1) is 6.77. The molecule has 1 atom stereocenters. The molecule has 0 saturated carbocycles. The Hall–Kier alpha value is -1.68. The molecule has 4 heteroatoms. The highest BCUT2D eigenvalue weighted by Gasteiger charge is 2.10. The summed E-state index contributed by atoms with van der Waals surface area (Å²) in [6.07, 6.45) is 0. The van der Waals surface area contributed by atoms with E-state index in [0.717, 1.165) is 5.56 Å². The van der Waals surface area contributed by atoms with Crippen LogP contribution in [0.2, 0.25) is 0 Å². The summed E-state index contributed by atoms with van der Waals surface area (Å²) in [6, 6.07) is 9.39. The molecule has 0 radical (unpaired) electrons. The Morgan fingerprint density at radius 3 is 2.50 bits per heavy atom. The van der Waals surface area contributed by atoms with Gasteiger partial charge in [0, 0.05) is 5.56 Å². The number of nitrogens with zero attached hydrogens (tertiary/aromatic N) is 2. The number of aromatic nitrogens is 2. The molecule has 0 bridgehead atoms. The average Bonchev–Trinajstić information content (AvgIpc) is 2.68. The van der Waals surface area contributed by atoms with Crippen LogP contribution < -0.4 is 5.73 Å². The number of nitrogens with two attached hydrogens (primary N) is 1. The van der Waals surface area contributed by atoms with Crippen molar-refractivity contribution in [1.82, 2.24) is 10.2 Å². The van der Waals surface area contributed by atoms with Crippen LogP contribution in [-0.2, 0) is 0 Å². The van der Waals surface area contributed by atoms with Gasteiger partial charge in [0.1, 0.15) is 0 Å². The minimum absolute atomic E-state index is 0.222. The van der Waals surface area contributed by atoms with Gasteiger partial charge < -0.3 is 10.2 Å². The fourth-order valence-electron chi connectivity index (χ4n) is 1.12. The van der Waals surface area contributed by atoms with Crippen LogP contribution in [-0.4, -0.2) is 10.2 Å². The summed E-state index contributed by atoms with van der Waals surface area (Å²) in [4.78, 5) is 0. The Morgan fingerprint density at radius 2 is 1.93 bits per heavy atom. The van der Waals surface area contributed by atoms with E-state index in [2.05, 4.69) is 10.2 Å². The molecule has 2 rings (SSSR count). The highest BCUT2D eigenvalue weighted by atomic mass is 16.4. The second-order valence-corrected chi connectivity index (χ2v) is 3.10. The smallest absolute Gasteiger partial charge is 0.247 e. The molecule has 0 spiro atoms. The van der Waals surface area contributed by atoms with Crippen molar-refractivity contribution in [3.63, 3.8) is 0 Å². The second kappa shape index (κ2) is 3.59. The van der Waals surface area contributed by atoms with Gasteiger partial charge in [0.25, 0.3) is 0 Å². The molecule has 1 aromatic carbocycles. The molecule has 4 nitrogen and oxygen atoms in total. The Balaban J connectivity index is 2.34. The summed E-state index contributed by atoms with van der Waals surface area (Å²) < 4.78 is 5.38. The van der Waals surface area contributed by atoms with E-state index in [-0.39, 0.29) is 6.04 Å². The lowest BCUT2D eigenvalue weighted by Crippen LogP contribution is -2.04. The predicted molar refractivity (Wildman–Crippen MR) is 52.3 cm³/mol. The Kier molecular flexibility index (Phi) is 2.28. The molecule has 0 aliphatic rings. The topological polar surface area (TPSA) is 64.9 Å². The van der Waals surface area contributed by atoms with Crippen molar-refractivity contribution in [2.24, 2.45) is 5.73 Å². The molecular formula is C10H11N3O. The quantitative estimate of drug-likeness (QED) is 0.781. The largest absolute Gasteiger partial charge is 0.419 e. The van der Waals surface area contributed by atoms with E-state index >= 15 is 0 Å². The van der Waals surface area contributed by atoms with Crippen molar-refractivity contribution < 1.29 is 4.42 Å². The molecule has 2 N–H and O–H groups in total. The van der Waals surface area contributed by atoms with E-state index in [1.165, 1.54) is 0 Å². The summed E-state index contributed by atoms with van der Waals surface area (Å²) in [6.45, 7) is 1.81. The van der Waals surface area contributed by atoms with Crippen LogP contribution in [0.5, 0.6) is 0 Å². The van der Waals surface area contributed by atoms with Gasteiger partial charge in [0.2, 0.25) is 11.8 Å². The lowest BCUT2D eigenvalue weighted by Gasteiger charge is -1.95. The number of hydrogen-bond acceptors (Lipinski definition) is 4. The van der Waals surface area contributed by atoms with Gasteiger partial charge in [0.05, 0.1) is 6.04 Å². The van der Waals surface area contributed by atoms with Gasteiger partial charge in [-0.25, -0.2) is 0 Å². The van der Waals surface area contributed by atoms with Crippen LogP contribution in [0.3, 0.4) is 0 Å². The van der Waals surface area contributed by atoms with Crippen LogP contribution in [0, 0.1) is 0 Å². The molecule has 0 aliphatic heterocycles. The predicted octanol–water partition coefficient (Wildman–Crippen LogP) is 1.76. The van der Waals surface area contributed by atoms with Gasteiger partial charge in [-0.05, 0) is 19.1 Å². The molecule has 0 fully saturated rings. The zero-order chi connectivity index (χ0) is 9.97. The molecule has 72 valence electrons. The van der Waals surface area contributed by atoms with Gasteiger partial charge in [-0.1, -0.05) is 18.2 Å². The van der Waals surface area contributed by atoms with Gasteiger partial charge in [-0.2, -0.15) is 0 Å². The first-order valence-corrected chi connectivity index (χ1v) is 4.42. The lowest BCUT2D eigenvalue weighted by molar-refractivity contribution is 0.473. The minimum Gasteiger partial charge on any atom is -0.419 e. The van der Waals surface area contributed by atoms with Gasteiger partial charge in [-0.15, -0.1) is 10.2 Å². The molecule has 2 aromatic rings. The zero-order valence-corrected chi connectivity index (χ0v) is 7.84. The maximum atomic E-state index is 5.61. The van der Waals surface area contributed by atoms with Crippen LogP contribution in [0.1, 0.15) is 18.9 Å². The third-order valence-corrected chi connectivity index (χ3v) is 1.85. The second-order valence-electron chi connectivity index (χ2n) is 3.10. The van der Waals surface area contributed by atoms with Crippen LogP contribution in [0.4, 0.5) is 0 Å². The first kappa shape index (κ1) is 8.90. The molecule has 0 saturated heterocycles. The fraction of sp³-hybridized carbons (Fsp3) is 0.200. The van der Waals surface area contributed by atoms with Crippen LogP contribution in [0.15, 0.2) is 34.7 Å². The zero-order valence-electron chi connectivity index (χ0n) is 7.84. The summed E-state index contributed by atoms with van der Waals surface area (Å²) in [5, 5.41) is 7.76. The molecule has 1 aromatic heterocycles. The van der Waals surface area contributed by atoms with Crippen LogP contribution in [0.25, 0.3) is 11.5 Å². The Morgan fingerprint density at radius 1 is 1.21 bits per heavy atom. The minimum atomic E-state index is -0.222. The molecule has 0 aliphatic carbocycles. The standard InChI is InChI=1S/C10H11N3O/c1-7(11)9-12-13-10(14-9)8-5-3-2-4-6-8/h2-7H,11H2,1H3/t7-/m1/s1.